The lowest BCUT2D eigenvalue weighted by molar-refractivity contribution is 0.269. The summed E-state index contributed by atoms with van der Waals surface area (Å²) in [6, 6.07) is 0.177. The maximum Gasteiger partial charge on any atom is 0.217 e. The van der Waals surface area contributed by atoms with E-state index < -0.39 is 10.0 Å². The van der Waals surface area contributed by atoms with E-state index in [1.54, 1.807) is 4.31 Å². The van der Waals surface area contributed by atoms with Crippen LogP contribution in [0.2, 0.25) is 0 Å². The van der Waals surface area contributed by atoms with E-state index in [2.05, 4.69) is 5.32 Å². The summed E-state index contributed by atoms with van der Waals surface area (Å²) in [7, 11) is -3.08. The number of nitrogens with one attached hydrogen (secondary N) is 1. The molecule has 1 N–H and O–H groups in total. The van der Waals surface area contributed by atoms with Crippen molar-refractivity contribution in [2.24, 2.45) is 0 Å². The molecular formula is C13H26N2O2S. The Morgan fingerprint density at radius 3 is 2.39 bits per heavy atom. The molecule has 0 aromatic rings. The van der Waals surface area contributed by atoms with Crippen molar-refractivity contribution in [2.75, 3.05) is 19.6 Å². The average molecular weight is 274 g/mol. The standard InChI is InChI=1S/C13H26N2O2S/c1-2-15(12-7-6-10-14-11-12)18(16,17)13-8-4-3-5-9-13/h12-14H,2-11H2,1H3. The summed E-state index contributed by atoms with van der Waals surface area (Å²) in [4.78, 5) is 0. The fourth-order valence-electron chi connectivity index (χ4n) is 3.28. The first-order valence-electron chi connectivity index (χ1n) is 7.37. The Balaban J connectivity index is 2.08. The van der Waals surface area contributed by atoms with Gasteiger partial charge < -0.3 is 5.32 Å². The summed E-state index contributed by atoms with van der Waals surface area (Å²) in [5.74, 6) is 0. The van der Waals surface area contributed by atoms with Gasteiger partial charge in [0.15, 0.2) is 0 Å². The van der Waals surface area contributed by atoms with E-state index in [0.29, 0.717) is 6.54 Å². The third kappa shape index (κ3) is 3.06. The highest BCUT2D eigenvalue weighted by Gasteiger charge is 2.36. The minimum atomic E-state index is -3.08. The van der Waals surface area contributed by atoms with Gasteiger partial charge in [0.1, 0.15) is 0 Å². The van der Waals surface area contributed by atoms with E-state index in [-0.39, 0.29) is 11.3 Å². The lowest BCUT2D eigenvalue weighted by Gasteiger charge is -2.36. The summed E-state index contributed by atoms with van der Waals surface area (Å²) in [5.41, 5.74) is 0. The quantitative estimate of drug-likeness (QED) is 0.849. The molecule has 2 rings (SSSR count). The van der Waals surface area contributed by atoms with E-state index in [1.165, 1.54) is 6.42 Å². The molecule has 0 aromatic heterocycles. The van der Waals surface area contributed by atoms with Gasteiger partial charge >= 0.3 is 0 Å². The Morgan fingerprint density at radius 1 is 1.11 bits per heavy atom. The fourth-order valence-corrected chi connectivity index (χ4v) is 5.55. The minimum absolute atomic E-state index is 0.117. The fraction of sp³-hybridized carbons (Fsp3) is 1.00. The summed E-state index contributed by atoms with van der Waals surface area (Å²) in [5, 5.41) is 3.20. The second-order valence-corrected chi connectivity index (χ2v) is 7.67. The maximum absolute atomic E-state index is 12.7. The van der Waals surface area contributed by atoms with Crippen LogP contribution in [0.25, 0.3) is 0 Å². The van der Waals surface area contributed by atoms with Gasteiger partial charge in [-0.25, -0.2) is 8.42 Å². The molecule has 1 saturated heterocycles. The SMILES string of the molecule is CCN(C1CCCNC1)S(=O)(=O)C1CCCCC1. The number of sulfonamides is 1. The van der Waals surface area contributed by atoms with Gasteiger partial charge in [0.25, 0.3) is 0 Å². The van der Waals surface area contributed by atoms with Crippen LogP contribution >= 0.6 is 0 Å². The molecule has 0 aromatic carbocycles. The van der Waals surface area contributed by atoms with Crippen LogP contribution in [0.3, 0.4) is 0 Å². The Morgan fingerprint density at radius 2 is 1.83 bits per heavy atom. The molecule has 0 spiro atoms. The van der Waals surface area contributed by atoms with Crippen LogP contribution < -0.4 is 5.32 Å². The number of hydrogen-bond acceptors (Lipinski definition) is 3. The second kappa shape index (κ2) is 6.35. The van der Waals surface area contributed by atoms with E-state index in [0.717, 1.165) is 51.6 Å². The van der Waals surface area contributed by atoms with Crippen molar-refractivity contribution in [3.63, 3.8) is 0 Å². The van der Waals surface area contributed by atoms with Crippen molar-refractivity contribution in [2.45, 2.75) is 63.2 Å². The molecule has 5 heteroatoms. The lowest BCUT2D eigenvalue weighted by Crippen LogP contribution is -2.51. The molecule has 18 heavy (non-hydrogen) atoms. The lowest BCUT2D eigenvalue weighted by atomic mass is 10.0. The summed E-state index contributed by atoms with van der Waals surface area (Å²) >= 11 is 0. The second-order valence-electron chi connectivity index (χ2n) is 5.51. The number of nitrogens with zero attached hydrogens (tertiary/aromatic N) is 1. The number of likely N-dealkylation sites (N-methyl/N-ethyl adjacent to an activating group) is 1. The highest BCUT2D eigenvalue weighted by atomic mass is 32.2. The molecular weight excluding hydrogens is 248 g/mol. The smallest absolute Gasteiger partial charge is 0.217 e. The summed E-state index contributed by atoms with van der Waals surface area (Å²) in [6.07, 6.45) is 7.16. The zero-order valence-electron chi connectivity index (χ0n) is 11.4. The van der Waals surface area contributed by atoms with Crippen molar-refractivity contribution in [1.29, 1.82) is 0 Å². The molecule has 1 saturated carbocycles. The predicted molar refractivity (Wildman–Crippen MR) is 74.1 cm³/mol. The average Bonchev–Trinajstić information content (AvgIpc) is 2.41. The van der Waals surface area contributed by atoms with Crippen molar-refractivity contribution in [3.05, 3.63) is 0 Å². The number of piperidine rings is 1. The minimum Gasteiger partial charge on any atom is -0.315 e. The Labute approximate surface area is 111 Å². The largest absolute Gasteiger partial charge is 0.315 e. The zero-order valence-corrected chi connectivity index (χ0v) is 12.2. The highest BCUT2D eigenvalue weighted by molar-refractivity contribution is 7.89. The van der Waals surface area contributed by atoms with Gasteiger partial charge in [0.05, 0.1) is 5.25 Å². The normalized spacial score (nSPS) is 27.6. The predicted octanol–water partition coefficient (Wildman–Crippen LogP) is 1.72. The van der Waals surface area contributed by atoms with Gasteiger partial charge in [-0.05, 0) is 32.2 Å². The zero-order chi connectivity index (χ0) is 13.0. The van der Waals surface area contributed by atoms with Crippen LogP contribution in [0, 0.1) is 0 Å². The molecule has 2 aliphatic rings. The van der Waals surface area contributed by atoms with Gasteiger partial charge in [-0.3, -0.25) is 0 Å². The molecule has 0 bridgehead atoms. The number of rotatable bonds is 4. The molecule has 1 atom stereocenters. The Kier molecular flexibility index (Phi) is 5.04. The topological polar surface area (TPSA) is 49.4 Å². The van der Waals surface area contributed by atoms with Crippen molar-refractivity contribution < 1.29 is 8.42 Å². The van der Waals surface area contributed by atoms with Crippen molar-refractivity contribution >= 4 is 10.0 Å². The first kappa shape index (κ1) is 14.3. The first-order valence-corrected chi connectivity index (χ1v) is 8.88. The number of hydrogen-bond donors (Lipinski definition) is 1. The van der Waals surface area contributed by atoms with E-state index in [9.17, 15) is 8.42 Å². The van der Waals surface area contributed by atoms with Crippen LogP contribution in [-0.2, 0) is 10.0 Å². The third-order valence-corrected chi connectivity index (χ3v) is 6.81. The Hall–Kier alpha value is -0.130. The molecule has 4 nitrogen and oxygen atoms in total. The van der Waals surface area contributed by atoms with Crippen molar-refractivity contribution in [3.8, 4) is 0 Å². The molecule has 0 amide bonds. The van der Waals surface area contributed by atoms with Crippen LogP contribution in [0.5, 0.6) is 0 Å². The van der Waals surface area contributed by atoms with E-state index >= 15 is 0 Å². The van der Waals surface area contributed by atoms with E-state index in [4.69, 9.17) is 0 Å². The molecule has 1 unspecified atom stereocenters. The van der Waals surface area contributed by atoms with Gasteiger partial charge in [-0.1, -0.05) is 26.2 Å². The van der Waals surface area contributed by atoms with Gasteiger partial charge in [-0.2, -0.15) is 4.31 Å². The van der Waals surface area contributed by atoms with Crippen LogP contribution in [-0.4, -0.2) is 43.6 Å². The van der Waals surface area contributed by atoms with Crippen LogP contribution in [0.1, 0.15) is 51.9 Å². The molecule has 2 fully saturated rings. The van der Waals surface area contributed by atoms with Gasteiger partial charge in [0, 0.05) is 19.1 Å². The van der Waals surface area contributed by atoms with Gasteiger partial charge in [0.2, 0.25) is 10.0 Å². The highest BCUT2D eigenvalue weighted by Crippen LogP contribution is 2.28. The van der Waals surface area contributed by atoms with Crippen LogP contribution in [0.15, 0.2) is 0 Å². The first-order chi connectivity index (χ1) is 8.66. The van der Waals surface area contributed by atoms with Crippen LogP contribution in [0.4, 0.5) is 0 Å². The maximum atomic E-state index is 12.7. The third-order valence-electron chi connectivity index (χ3n) is 4.29. The molecule has 0 radical (unpaired) electrons. The van der Waals surface area contributed by atoms with Crippen molar-refractivity contribution in [1.82, 2.24) is 9.62 Å². The molecule has 1 heterocycles. The molecule has 1 aliphatic carbocycles. The summed E-state index contributed by atoms with van der Waals surface area (Å²) < 4.78 is 27.2. The van der Waals surface area contributed by atoms with Gasteiger partial charge in [-0.15, -0.1) is 0 Å². The summed E-state index contributed by atoms with van der Waals surface area (Å²) in [6.45, 7) is 4.43. The Bertz CT molecular complexity index is 344. The molecule has 1 aliphatic heterocycles. The monoisotopic (exact) mass is 274 g/mol. The molecule has 106 valence electrons. The van der Waals surface area contributed by atoms with E-state index in [1.807, 2.05) is 6.92 Å².